The van der Waals surface area contributed by atoms with Gasteiger partial charge in [0.1, 0.15) is 5.82 Å². The molecule has 1 heterocycles. The van der Waals surface area contributed by atoms with Crippen molar-refractivity contribution >= 4 is 17.4 Å². The summed E-state index contributed by atoms with van der Waals surface area (Å²) in [4.78, 5) is 15.3. The number of nitrogens with zero attached hydrogens (tertiary/aromatic N) is 1. The Morgan fingerprint density at radius 1 is 1.47 bits per heavy atom. The highest BCUT2D eigenvalue weighted by molar-refractivity contribution is 5.98. The molecule has 5 nitrogen and oxygen atoms in total. The summed E-state index contributed by atoms with van der Waals surface area (Å²) in [5.74, 6) is 0.0850. The molecule has 0 bridgehead atoms. The van der Waals surface area contributed by atoms with Gasteiger partial charge in [0, 0.05) is 5.54 Å². The number of hydrogen-bond acceptors (Lipinski definition) is 4. The van der Waals surface area contributed by atoms with Crippen LogP contribution < -0.4 is 16.8 Å². The molecule has 1 aromatic heterocycles. The highest BCUT2D eigenvalue weighted by Gasteiger charge is 2.20. The largest absolute Gasteiger partial charge is 0.397 e. The summed E-state index contributed by atoms with van der Waals surface area (Å²) in [6.07, 6.45) is 3.37. The van der Waals surface area contributed by atoms with Crippen molar-refractivity contribution in [3.8, 4) is 0 Å². The first-order valence-corrected chi connectivity index (χ1v) is 5.75. The number of rotatable bonds is 5. The molecule has 0 atom stereocenters. The summed E-state index contributed by atoms with van der Waals surface area (Å²) in [6.45, 7) is 6.31. The van der Waals surface area contributed by atoms with Crippen LogP contribution in [0.5, 0.6) is 0 Å². The zero-order chi connectivity index (χ0) is 13.1. The maximum absolute atomic E-state index is 11.2. The van der Waals surface area contributed by atoms with Gasteiger partial charge in [-0.25, -0.2) is 4.98 Å². The van der Waals surface area contributed by atoms with Gasteiger partial charge in [-0.1, -0.05) is 13.8 Å². The second-order valence-electron chi connectivity index (χ2n) is 4.41. The molecular weight excluding hydrogens is 216 g/mol. The third kappa shape index (κ3) is 3.09. The van der Waals surface area contributed by atoms with Crippen LogP contribution in [0.2, 0.25) is 0 Å². The quantitative estimate of drug-likeness (QED) is 0.726. The van der Waals surface area contributed by atoms with Crippen LogP contribution >= 0.6 is 0 Å². The Bertz CT molecular complexity index is 413. The predicted molar refractivity (Wildman–Crippen MR) is 69.8 cm³/mol. The van der Waals surface area contributed by atoms with Crippen molar-refractivity contribution in [2.75, 3.05) is 11.1 Å². The second kappa shape index (κ2) is 5.03. The van der Waals surface area contributed by atoms with Crippen LogP contribution in [-0.2, 0) is 0 Å². The maximum atomic E-state index is 11.2. The summed E-state index contributed by atoms with van der Waals surface area (Å²) in [7, 11) is 0. The van der Waals surface area contributed by atoms with Crippen LogP contribution in [0.1, 0.15) is 44.0 Å². The number of hydrogen-bond donors (Lipinski definition) is 3. The summed E-state index contributed by atoms with van der Waals surface area (Å²) in [5.41, 5.74) is 11.4. The zero-order valence-corrected chi connectivity index (χ0v) is 10.6. The van der Waals surface area contributed by atoms with Gasteiger partial charge in [0.05, 0.1) is 17.4 Å². The van der Waals surface area contributed by atoms with Gasteiger partial charge < -0.3 is 16.8 Å². The average molecular weight is 236 g/mol. The molecule has 0 fully saturated rings. The van der Waals surface area contributed by atoms with Gasteiger partial charge >= 0.3 is 0 Å². The SMILES string of the molecule is CCC(C)(CC)Nc1cc(C(N)=O)c(N)cn1. The highest BCUT2D eigenvalue weighted by Crippen LogP contribution is 2.22. The monoisotopic (exact) mass is 236 g/mol. The molecule has 5 N–H and O–H groups in total. The van der Waals surface area contributed by atoms with Gasteiger partial charge in [0.2, 0.25) is 0 Å². The minimum Gasteiger partial charge on any atom is -0.397 e. The molecule has 17 heavy (non-hydrogen) atoms. The molecule has 1 aromatic rings. The molecule has 0 radical (unpaired) electrons. The number of nitrogen functional groups attached to an aromatic ring is 1. The highest BCUT2D eigenvalue weighted by atomic mass is 16.1. The van der Waals surface area contributed by atoms with E-state index in [2.05, 4.69) is 31.1 Å². The lowest BCUT2D eigenvalue weighted by molar-refractivity contribution is 0.100. The van der Waals surface area contributed by atoms with Crippen LogP contribution in [0.4, 0.5) is 11.5 Å². The van der Waals surface area contributed by atoms with Gasteiger partial charge in [-0.3, -0.25) is 4.79 Å². The lowest BCUT2D eigenvalue weighted by Gasteiger charge is -2.29. The van der Waals surface area contributed by atoms with Gasteiger partial charge in [0.15, 0.2) is 0 Å². The molecule has 94 valence electrons. The number of aromatic nitrogens is 1. The fourth-order valence-corrected chi connectivity index (χ4v) is 1.48. The van der Waals surface area contributed by atoms with Crippen molar-refractivity contribution in [3.63, 3.8) is 0 Å². The van der Waals surface area contributed by atoms with Gasteiger partial charge in [-0.15, -0.1) is 0 Å². The first kappa shape index (κ1) is 13.3. The molecule has 5 heteroatoms. The number of nitrogens with one attached hydrogen (secondary N) is 1. The van der Waals surface area contributed by atoms with E-state index in [0.29, 0.717) is 17.1 Å². The lowest BCUT2D eigenvalue weighted by atomic mass is 9.95. The Hall–Kier alpha value is -1.78. The van der Waals surface area contributed by atoms with Crippen LogP contribution in [-0.4, -0.2) is 16.4 Å². The number of pyridine rings is 1. The molecular formula is C12H20N4O. The molecule has 0 aromatic carbocycles. The molecule has 1 rings (SSSR count). The van der Waals surface area contributed by atoms with E-state index in [1.54, 1.807) is 6.07 Å². The standard InChI is InChI=1S/C12H20N4O/c1-4-12(3,5-2)16-10-6-8(11(14)17)9(13)7-15-10/h6-7H,4-5,13H2,1-3H3,(H2,14,17)(H,15,16). The number of carbonyl (C=O) groups excluding carboxylic acids is 1. The Kier molecular flexibility index (Phi) is 3.93. The van der Waals surface area contributed by atoms with Crippen molar-refractivity contribution < 1.29 is 4.79 Å². The van der Waals surface area contributed by atoms with Crippen LogP contribution in [0.15, 0.2) is 12.3 Å². The van der Waals surface area contributed by atoms with E-state index in [4.69, 9.17) is 11.5 Å². The molecule has 0 spiro atoms. The predicted octanol–water partition coefficient (Wildman–Crippen LogP) is 1.75. The smallest absolute Gasteiger partial charge is 0.250 e. The fourth-order valence-electron chi connectivity index (χ4n) is 1.48. The molecule has 0 saturated heterocycles. The molecule has 0 unspecified atom stereocenters. The van der Waals surface area contributed by atoms with E-state index in [1.807, 2.05) is 0 Å². The Morgan fingerprint density at radius 3 is 2.53 bits per heavy atom. The van der Waals surface area contributed by atoms with Gasteiger partial charge in [0.25, 0.3) is 5.91 Å². The summed E-state index contributed by atoms with van der Waals surface area (Å²) < 4.78 is 0. The topological polar surface area (TPSA) is 94.0 Å². The number of carbonyl (C=O) groups is 1. The number of primary amides is 1. The Morgan fingerprint density at radius 2 is 2.06 bits per heavy atom. The zero-order valence-electron chi connectivity index (χ0n) is 10.6. The minimum atomic E-state index is -0.539. The number of anilines is 2. The van der Waals surface area contributed by atoms with Crippen molar-refractivity contribution in [1.82, 2.24) is 4.98 Å². The van der Waals surface area contributed by atoms with Gasteiger partial charge in [-0.05, 0) is 25.8 Å². The summed E-state index contributed by atoms with van der Waals surface area (Å²) in [5, 5.41) is 3.30. The van der Waals surface area contributed by atoms with Crippen molar-refractivity contribution in [3.05, 3.63) is 17.8 Å². The van der Waals surface area contributed by atoms with E-state index >= 15 is 0 Å². The Balaban J connectivity index is 3.01. The Labute approximate surface area is 102 Å². The minimum absolute atomic E-state index is 0.0436. The van der Waals surface area contributed by atoms with Gasteiger partial charge in [-0.2, -0.15) is 0 Å². The average Bonchev–Trinajstić information content (AvgIpc) is 2.31. The number of nitrogens with two attached hydrogens (primary N) is 2. The lowest BCUT2D eigenvalue weighted by Crippen LogP contribution is -2.33. The number of amides is 1. The van der Waals surface area contributed by atoms with Crippen molar-refractivity contribution in [2.45, 2.75) is 39.2 Å². The second-order valence-corrected chi connectivity index (χ2v) is 4.41. The van der Waals surface area contributed by atoms with E-state index in [-0.39, 0.29) is 5.54 Å². The first-order valence-electron chi connectivity index (χ1n) is 5.75. The van der Waals surface area contributed by atoms with Crippen molar-refractivity contribution in [1.29, 1.82) is 0 Å². The van der Waals surface area contributed by atoms with Crippen LogP contribution in [0.25, 0.3) is 0 Å². The fraction of sp³-hybridized carbons (Fsp3) is 0.500. The van der Waals surface area contributed by atoms with E-state index < -0.39 is 5.91 Å². The molecule has 0 aliphatic rings. The third-order valence-electron chi connectivity index (χ3n) is 3.19. The maximum Gasteiger partial charge on any atom is 0.250 e. The molecule has 0 aliphatic carbocycles. The molecule has 1 amide bonds. The van der Waals surface area contributed by atoms with Crippen LogP contribution in [0.3, 0.4) is 0 Å². The van der Waals surface area contributed by atoms with E-state index in [0.717, 1.165) is 12.8 Å². The van der Waals surface area contributed by atoms with Crippen LogP contribution in [0, 0.1) is 0 Å². The summed E-state index contributed by atoms with van der Waals surface area (Å²) in [6, 6.07) is 1.60. The molecule has 0 aliphatic heterocycles. The summed E-state index contributed by atoms with van der Waals surface area (Å²) >= 11 is 0. The third-order valence-corrected chi connectivity index (χ3v) is 3.19. The first-order chi connectivity index (χ1) is 7.91. The van der Waals surface area contributed by atoms with E-state index in [9.17, 15) is 4.79 Å². The van der Waals surface area contributed by atoms with Crippen molar-refractivity contribution in [2.24, 2.45) is 5.73 Å². The van der Waals surface area contributed by atoms with E-state index in [1.165, 1.54) is 6.20 Å². The molecule has 0 saturated carbocycles. The normalized spacial score (nSPS) is 11.2.